The van der Waals surface area contributed by atoms with E-state index < -0.39 is 0 Å². The summed E-state index contributed by atoms with van der Waals surface area (Å²) in [7, 11) is 0. The maximum Gasteiger partial charge on any atom is 0.241 e. The fourth-order valence-electron chi connectivity index (χ4n) is 2.86. The van der Waals surface area contributed by atoms with Crippen molar-refractivity contribution < 1.29 is 4.74 Å². The van der Waals surface area contributed by atoms with Crippen LogP contribution in [0.25, 0.3) is 22.2 Å². The lowest BCUT2D eigenvalue weighted by molar-refractivity contribution is 0.458. The van der Waals surface area contributed by atoms with Gasteiger partial charge >= 0.3 is 0 Å². The van der Waals surface area contributed by atoms with Crippen molar-refractivity contribution in [1.29, 1.82) is 0 Å². The summed E-state index contributed by atoms with van der Waals surface area (Å²) in [6.07, 6.45) is 0. The molecule has 3 aromatic carbocycles. The standard InChI is InChI=1S/C22H17ClN2O/c1-14-5-3-6-17(13-14)16-9-11-18(12-10-16)26-22-15(2)24-21-19(23)7-4-8-20(21)25-22/h3-13H,1-2H3. The third-order valence-corrected chi connectivity index (χ3v) is 4.50. The topological polar surface area (TPSA) is 35.0 Å². The lowest BCUT2D eigenvalue weighted by Crippen LogP contribution is -1.96. The highest BCUT2D eigenvalue weighted by Gasteiger charge is 2.10. The first-order chi connectivity index (χ1) is 12.6. The Morgan fingerprint density at radius 3 is 2.35 bits per heavy atom. The zero-order valence-corrected chi connectivity index (χ0v) is 15.3. The first kappa shape index (κ1) is 16.6. The Kier molecular flexibility index (Phi) is 4.31. The van der Waals surface area contributed by atoms with Crippen LogP contribution in [0.3, 0.4) is 0 Å². The summed E-state index contributed by atoms with van der Waals surface area (Å²) in [5, 5.41) is 0.590. The number of benzene rings is 3. The molecule has 0 aliphatic carbocycles. The van der Waals surface area contributed by atoms with Gasteiger partial charge in [0.1, 0.15) is 17.0 Å². The maximum absolute atomic E-state index is 6.18. The van der Waals surface area contributed by atoms with Crippen molar-refractivity contribution >= 4 is 22.6 Å². The Balaban J connectivity index is 1.63. The number of para-hydroxylation sites is 1. The molecule has 0 spiro atoms. The smallest absolute Gasteiger partial charge is 0.241 e. The Morgan fingerprint density at radius 2 is 1.58 bits per heavy atom. The number of rotatable bonds is 3. The molecule has 0 saturated carbocycles. The van der Waals surface area contributed by atoms with Gasteiger partial charge in [0, 0.05) is 0 Å². The largest absolute Gasteiger partial charge is 0.437 e. The Bertz CT molecular complexity index is 1090. The Morgan fingerprint density at radius 1 is 0.808 bits per heavy atom. The molecule has 0 amide bonds. The van der Waals surface area contributed by atoms with E-state index >= 15 is 0 Å². The molecule has 0 unspecified atom stereocenters. The van der Waals surface area contributed by atoms with E-state index in [1.165, 1.54) is 11.1 Å². The second-order valence-electron chi connectivity index (χ2n) is 6.22. The lowest BCUT2D eigenvalue weighted by Gasteiger charge is -2.10. The molecule has 26 heavy (non-hydrogen) atoms. The highest BCUT2D eigenvalue weighted by molar-refractivity contribution is 6.34. The molecule has 0 atom stereocenters. The molecule has 0 radical (unpaired) electrons. The van der Waals surface area contributed by atoms with Crippen molar-refractivity contribution in [1.82, 2.24) is 9.97 Å². The second kappa shape index (κ2) is 6.77. The van der Waals surface area contributed by atoms with E-state index in [9.17, 15) is 0 Å². The summed E-state index contributed by atoms with van der Waals surface area (Å²) in [6.45, 7) is 3.96. The van der Waals surface area contributed by atoms with E-state index in [1.54, 1.807) is 0 Å². The molecule has 0 N–H and O–H groups in total. The minimum atomic E-state index is 0.489. The van der Waals surface area contributed by atoms with Crippen molar-refractivity contribution in [3.63, 3.8) is 0 Å². The van der Waals surface area contributed by atoms with Gasteiger partial charge in [-0.3, -0.25) is 0 Å². The molecule has 3 nitrogen and oxygen atoms in total. The Hall–Kier alpha value is -2.91. The summed E-state index contributed by atoms with van der Waals surface area (Å²) in [5.41, 5.74) is 5.68. The molecule has 0 bridgehead atoms. The third kappa shape index (κ3) is 3.26. The van der Waals surface area contributed by atoms with Crippen LogP contribution >= 0.6 is 11.6 Å². The molecule has 4 aromatic rings. The number of ether oxygens (including phenoxy) is 1. The van der Waals surface area contributed by atoms with Gasteiger partial charge in [-0.25, -0.2) is 9.97 Å². The summed E-state index contributed by atoms with van der Waals surface area (Å²) in [4.78, 5) is 9.08. The molecule has 0 saturated heterocycles. The van der Waals surface area contributed by atoms with Crippen LogP contribution < -0.4 is 4.74 Å². The third-order valence-electron chi connectivity index (χ3n) is 4.20. The van der Waals surface area contributed by atoms with E-state index in [4.69, 9.17) is 16.3 Å². The minimum Gasteiger partial charge on any atom is -0.437 e. The van der Waals surface area contributed by atoms with E-state index in [-0.39, 0.29) is 0 Å². The highest BCUT2D eigenvalue weighted by atomic mass is 35.5. The number of hydrogen-bond donors (Lipinski definition) is 0. The van der Waals surface area contributed by atoms with E-state index in [0.717, 1.165) is 16.8 Å². The maximum atomic E-state index is 6.18. The van der Waals surface area contributed by atoms with Crippen LogP contribution in [0, 0.1) is 13.8 Å². The first-order valence-corrected chi connectivity index (χ1v) is 8.76. The number of fused-ring (bicyclic) bond motifs is 1. The average Bonchev–Trinajstić information content (AvgIpc) is 2.64. The summed E-state index contributed by atoms with van der Waals surface area (Å²) in [5.74, 6) is 1.21. The van der Waals surface area contributed by atoms with Gasteiger partial charge in [-0.1, -0.05) is 59.6 Å². The van der Waals surface area contributed by atoms with Crippen LogP contribution in [0.15, 0.2) is 66.7 Å². The molecule has 128 valence electrons. The van der Waals surface area contributed by atoms with E-state index in [1.807, 2.05) is 49.4 Å². The van der Waals surface area contributed by atoms with Gasteiger partial charge in [0.05, 0.1) is 10.5 Å². The predicted octanol–water partition coefficient (Wildman–Crippen LogP) is 6.36. The number of halogens is 1. The number of aryl methyl sites for hydroxylation is 2. The average molecular weight is 361 g/mol. The molecule has 4 heteroatoms. The molecule has 4 rings (SSSR count). The van der Waals surface area contributed by atoms with Crippen LogP contribution in [0.5, 0.6) is 11.6 Å². The van der Waals surface area contributed by atoms with Crippen molar-refractivity contribution in [2.75, 3.05) is 0 Å². The molecular weight excluding hydrogens is 344 g/mol. The minimum absolute atomic E-state index is 0.489. The molecule has 0 fully saturated rings. The molecular formula is C22H17ClN2O. The van der Waals surface area contributed by atoms with Crippen LogP contribution in [0.4, 0.5) is 0 Å². The number of nitrogens with zero attached hydrogens (tertiary/aromatic N) is 2. The van der Waals surface area contributed by atoms with Crippen molar-refractivity contribution in [2.24, 2.45) is 0 Å². The SMILES string of the molecule is Cc1cccc(-c2ccc(Oc3nc4cccc(Cl)c4nc3C)cc2)c1. The van der Waals surface area contributed by atoms with Crippen molar-refractivity contribution in [2.45, 2.75) is 13.8 Å². The molecule has 0 aliphatic heterocycles. The van der Waals surface area contributed by atoms with Gasteiger partial charge < -0.3 is 4.74 Å². The monoisotopic (exact) mass is 360 g/mol. The van der Waals surface area contributed by atoms with Crippen molar-refractivity contribution in [3.8, 4) is 22.8 Å². The first-order valence-electron chi connectivity index (χ1n) is 8.38. The summed E-state index contributed by atoms with van der Waals surface area (Å²) >= 11 is 6.18. The molecule has 0 aliphatic rings. The second-order valence-corrected chi connectivity index (χ2v) is 6.62. The fourth-order valence-corrected chi connectivity index (χ4v) is 3.07. The van der Waals surface area contributed by atoms with Gasteiger partial charge in [0.15, 0.2) is 0 Å². The summed E-state index contributed by atoms with van der Waals surface area (Å²) in [6, 6.07) is 21.9. The van der Waals surface area contributed by atoms with E-state index in [0.29, 0.717) is 22.1 Å². The van der Waals surface area contributed by atoms with Gasteiger partial charge in [0.25, 0.3) is 0 Å². The van der Waals surface area contributed by atoms with E-state index in [2.05, 4.69) is 41.2 Å². The van der Waals surface area contributed by atoms with Crippen LogP contribution in [0.2, 0.25) is 5.02 Å². The highest BCUT2D eigenvalue weighted by Crippen LogP contribution is 2.29. The van der Waals surface area contributed by atoms with Gasteiger partial charge in [-0.2, -0.15) is 0 Å². The number of hydrogen-bond acceptors (Lipinski definition) is 3. The number of aromatic nitrogens is 2. The quantitative estimate of drug-likeness (QED) is 0.426. The van der Waals surface area contributed by atoms with Crippen LogP contribution in [-0.4, -0.2) is 9.97 Å². The van der Waals surface area contributed by atoms with Crippen molar-refractivity contribution in [3.05, 3.63) is 83.0 Å². The summed E-state index contributed by atoms with van der Waals surface area (Å²) < 4.78 is 5.96. The van der Waals surface area contributed by atoms with Gasteiger partial charge in [0.2, 0.25) is 5.88 Å². The van der Waals surface area contributed by atoms with Gasteiger partial charge in [-0.15, -0.1) is 0 Å². The molecule has 1 aromatic heterocycles. The van der Waals surface area contributed by atoms with Crippen LogP contribution in [-0.2, 0) is 0 Å². The Labute approximate surface area is 157 Å². The zero-order valence-electron chi connectivity index (χ0n) is 14.5. The molecule has 1 heterocycles. The van der Waals surface area contributed by atoms with Gasteiger partial charge in [-0.05, 0) is 49.2 Å². The predicted molar refractivity (Wildman–Crippen MR) is 106 cm³/mol. The normalized spacial score (nSPS) is 10.9. The zero-order chi connectivity index (χ0) is 18.1. The fraction of sp³-hybridized carbons (Fsp3) is 0.0909. The lowest BCUT2D eigenvalue weighted by atomic mass is 10.0. The van der Waals surface area contributed by atoms with Crippen LogP contribution in [0.1, 0.15) is 11.3 Å².